The molecule has 5 heteroatoms. The van der Waals surface area contributed by atoms with E-state index in [9.17, 15) is 4.79 Å². The van der Waals surface area contributed by atoms with E-state index in [1.807, 2.05) is 43.7 Å². The van der Waals surface area contributed by atoms with Gasteiger partial charge in [0, 0.05) is 12.1 Å². The van der Waals surface area contributed by atoms with E-state index in [0.29, 0.717) is 12.1 Å². The van der Waals surface area contributed by atoms with Crippen LogP contribution in [0.4, 0.5) is 0 Å². The number of carbonyl (C=O) groups is 1. The van der Waals surface area contributed by atoms with E-state index in [1.165, 1.54) is 16.7 Å². The summed E-state index contributed by atoms with van der Waals surface area (Å²) >= 11 is 0. The second-order valence-corrected chi connectivity index (χ2v) is 8.58. The van der Waals surface area contributed by atoms with Gasteiger partial charge >= 0.3 is 0 Å². The van der Waals surface area contributed by atoms with Crippen molar-refractivity contribution < 1.29 is 4.79 Å². The maximum atomic E-state index is 13.5. The van der Waals surface area contributed by atoms with Gasteiger partial charge in [-0.3, -0.25) is 4.79 Å². The lowest BCUT2D eigenvalue weighted by molar-refractivity contribution is 0.0941. The summed E-state index contributed by atoms with van der Waals surface area (Å²) in [5.74, 6) is -0.114. The van der Waals surface area contributed by atoms with Crippen LogP contribution in [0.15, 0.2) is 48.5 Å². The van der Waals surface area contributed by atoms with Gasteiger partial charge in [0.15, 0.2) is 5.65 Å². The number of benzene rings is 2. The summed E-state index contributed by atoms with van der Waals surface area (Å²) < 4.78 is 1.87. The van der Waals surface area contributed by atoms with E-state index in [1.54, 1.807) is 0 Å². The van der Waals surface area contributed by atoms with E-state index < -0.39 is 0 Å². The van der Waals surface area contributed by atoms with Crippen LogP contribution in [0, 0.1) is 27.7 Å². The minimum absolute atomic E-state index is 0.114. The van der Waals surface area contributed by atoms with Crippen LogP contribution in [-0.4, -0.2) is 20.7 Å². The highest BCUT2D eigenvalue weighted by Crippen LogP contribution is 2.28. The molecule has 0 saturated carbocycles. The Hall–Kier alpha value is -3.47. The molecular formula is C27H30N4O. The van der Waals surface area contributed by atoms with Gasteiger partial charge in [-0.15, -0.1) is 0 Å². The van der Waals surface area contributed by atoms with Gasteiger partial charge in [-0.1, -0.05) is 53.6 Å². The van der Waals surface area contributed by atoms with Gasteiger partial charge in [0.25, 0.3) is 5.91 Å². The fourth-order valence-electron chi connectivity index (χ4n) is 4.29. The SMILES string of the molecule is CCn1nc(C)c2c(C(=O)NC(C)c3ccc(C)cc3C)cc(-c3ccc(C)cc3)nc21. The minimum atomic E-state index is -0.115. The zero-order valence-electron chi connectivity index (χ0n) is 19.7. The van der Waals surface area contributed by atoms with E-state index in [4.69, 9.17) is 4.98 Å². The van der Waals surface area contributed by atoms with Crippen molar-refractivity contribution in [1.82, 2.24) is 20.1 Å². The second kappa shape index (κ2) is 8.58. The van der Waals surface area contributed by atoms with Crippen LogP contribution in [-0.2, 0) is 6.54 Å². The van der Waals surface area contributed by atoms with Crippen molar-refractivity contribution in [1.29, 1.82) is 0 Å². The molecule has 0 bridgehead atoms. The molecule has 1 N–H and O–H groups in total. The molecule has 1 atom stereocenters. The van der Waals surface area contributed by atoms with Gasteiger partial charge in [0.05, 0.1) is 28.4 Å². The predicted octanol–water partition coefficient (Wildman–Crippen LogP) is 5.84. The van der Waals surface area contributed by atoms with Crippen molar-refractivity contribution >= 4 is 16.9 Å². The van der Waals surface area contributed by atoms with Crippen molar-refractivity contribution in [2.24, 2.45) is 0 Å². The lowest BCUT2D eigenvalue weighted by atomic mass is 9.99. The Morgan fingerprint density at radius 1 is 1.00 bits per heavy atom. The molecule has 0 fully saturated rings. The number of carbonyl (C=O) groups excluding carboxylic acids is 1. The van der Waals surface area contributed by atoms with Gasteiger partial charge in [0.1, 0.15) is 0 Å². The number of rotatable bonds is 5. The molecule has 164 valence electrons. The molecule has 0 saturated heterocycles. The molecule has 32 heavy (non-hydrogen) atoms. The highest BCUT2D eigenvalue weighted by Gasteiger charge is 2.21. The van der Waals surface area contributed by atoms with Gasteiger partial charge in [-0.2, -0.15) is 5.10 Å². The molecule has 5 nitrogen and oxygen atoms in total. The Labute approximate surface area is 189 Å². The normalized spacial score (nSPS) is 12.2. The maximum absolute atomic E-state index is 13.5. The summed E-state index contributed by atoms with van der Waals surface area (Å²) in [5, 5.41) is 8.65. The summed E-state index contributed by atoms with van der Waals surface area (Å²) in [6.45, 7) is 12.9. The number of hydrogen-bond donors (Lipinski definition) is 1. The highest BCUT2D eigenvalue weighted by atomic mass is 16.1. The number of nitrogens with one attached hydrogen (secondary N) is 1. The second-order valence-electron chi connectivity index (χ2n) is 8.58. The average Bonchev–Trinajstić information content (AvgIpc) is 3.09. The summed E-state index contributed by atoms with van der Waals surface area (Å²) in [5.41, 5.74) is 8.62. The average molecular weight is 427 g/mol. The number of aryl methyl sites for hydroxylation is 5. The maximum Gasteiger partial charge on any atom is 0.252 e. The van der Waals surface area contributed by atoms with Crippen molar-refractivity contribution in [3.05, 3.63) is 82.0 Å². The smallest absolute Gasteiger partial charge is 0.252 e. The zero-order chi connectivity index (χ0) is 23.0. The fourth-order valence-corrected chi connectivity index (χ4v) is 4.29. The quantitative estimate of drug-likeness (QED) is 0.436. The molecule has 2 heterocycles. The standard InChI is InChI=1S/C27H30N4O/c1-7-31-26-25(20(6)30-31)23(15-24(29-26)21-11-8-16(2)9-12-21)27(32)28-19(5)22-13-10-17(3)14-18(22)4/h8-15,19H,7H2,1-6H3,(H,28,32). The molecule has 0 aliphatic heterocycles. The number of aromatic nitrogens is 3. The molecule has 2 aromatic carbocycles. The van der Waals surface area contributed by atoms with E-state index >= 15 is 0 Å². The first-order valence-electron chi connectivity index (χ1n) is 11.1. The van der Waals surface area contributed by atoms with Crippen LogP contribution in [0.2, 0.25) is 0 Å². The van der Waals surface area contributed by atoms with Gasteiger partial charge < -0.3 is 5.32 Å². The molecule has 0 aliphatic carbocycles. The fraction of sp³-hybridized carbons (Fsp3) is 0.296. The molecule has 0 radical (unpaired) electrons. The molecule has 2 aromatic heterocycles. The van der Waals surface area contributed by atoms with Crippen molar-refractivity contribution in [2.75, 3.05) is 0 Å². The Balaban J connectivity index is 1.80. The zero-order valence-corrected chi connectivity index (χ0v) is 19.7. The Morgan fingerprint density at radius 3 is 2.34 bits per heavy atom. The third-order valence-corrected chi connectivity index (χ3v) is 6.01. The van der Waals surface area contributed by atoms with E-state index in [0.717, 1.165) is 33.5 Å². The van der Waals surface area contributed by atoms with Crippen molar-refractivity contribution in [3.63, 3.8) is 0 Å². The Kier molecular flexibility index (Phi) is 5.83. The summed E-state index contributed by atoms with van der Waals surface area (Å²) in [7, 11) is 0. The minimum Gasteiger partial charge on any atom is -0.345 e. The van der Waals surface area contributed by atoms with Gasteiger partial charge in [0.2, 0.25) is 0 Å². The number of hydrogen-bond acceptors (Lipinski definition) is 3. The van der Waals surface area contributed by atoms with Crippen molar-refractivity contribution in [2.45, 2.75) is 54.1 Å². The van der Waals surface area contributed by atoms with Crippen LogP contribution in [0.3, 0.4) is 0 Å². The molecule has 1 unspecified atom stereocenters. The van der Waals surface area contributed by atoms with E-state index in [-0.39, 0.29) is 11.9 Å². The topological polar surface area (TPSA) is 59.8 Å². The lowest BCUT2D eigenvalue weighted by Crippen LogP contribution is -2.27. The monoisotopic (exact) mass is 426 g/mol. The molecule has 4 rings (SSSR count). The van der Waals surface area contributed by atoms with Crippen LogP contribution in [0.25, 0.3) is 22.3 Å². The van der Waals surface area contributed by atoms with Crippen molar-refractivity contribution in [3.8, 4) is 11.3 Å². The third kappa shape index (κ3) is 4.03. The number of pyridine rings is 1. The predicted molar refractivity (Wildman–Crippen MR) is 130 cm³/mol. The molecule has 0 aliphatic rings. The van der Waals surface area contributed by atoms with Crippen LogP contribution in [0.5, 0.6) is 0 Å². The van der Waals surface area contributed by atoms with Crippen LogP contribution in [0.1, 0.15) is 58.2 Å². The Morgan fingerprint density at radius 2 is 1.69 bits per heavy atom. The van der Waals surface area contributed by atoms with Crippen LogP contribution < -0.4 is 5.32 Å². The Bertz CT molecular complexity index is 1300. The first-order valence-corrected chi connectivity index (χ1v) is 11.1. The molecule has 0 spiro atoms. The summed E-state index contributed by atoms with van der Waals surface area (Å²) in [6, 6.07) is 16.3. The lowest BCUT2D eigenvalue weighted by Gasteiger charge is -2.18. The molecule has 4 aromatic rings. The number of nitrogens with zero attached hydrogens (tertiary/aromatic N) is 3. The first kappa shape index (κ1) is 21.8. The number of fused-ring (bicyclic) bond motifs is 1. The molecule has 1 amide bonds. The van der Waals surface area contributed by atoms with Gasteiger partial charge in [-0.25, -0.2) is 9.67 Å². The third-order valence-electron chi connectivity index (χ3n) is 6.01. The van der Waals surface area contributed by atoms with Gasteiger partial charge in [-0.05, 0) is 58.7 Å². The largest absolute Gasteiger partial charge is 0.345 e. The molecular weight excluding hydrogens is 396 g/mol. The highest BCUT2D eigenvalue weighted by molar-refractivity contribution is 6.07. The summed E-state index contributed by atoms with van der Waals surface area (Å²) in [6.07, 6.45) is 0. The van der Waals surface area contributed by atoms with E-state index in [2.05, 4.69) is 61.5 Å². The van der Waals surface area contributed by atoms with Crippen LogP contribution >= 0.6 is 0 Å². The first-order chi connectivity index (χ1) is 15.3. The summed E-state index contributed by atoms with van der Waals surface area (Å²) in [4.78, 5) is 18.4. The number of amides is 1.